The van der Waals surface area contributed by atoms with Crippen molar-refractivity contribution in [1.29, 1.82) is 0 Å². The number of rotatable bonds is 4. The summed E-state index contributed by atoms with van der Waals surface area (Å²) in [6, 6.07) is 12.0. The van der Waals surface area contributed by atoms with Crippen LogP contribution in [-0.2, 0) is 18.3 Å². The second kappa shape index (κ2) is 7.31. The molecule has 0 bridgehead atoms. The standard InChI is InChI=1S/C21H24N4O2/c1-23-15-16(19-4-3-9-22-21(19)23)14-20(26)25-12-10-24(11-13-25)17-5-7-18(27-2)8-6-17/h3-9,15H,10-14H2,1-2H3. The number of methoxy groups -OCH3 is 1. The molecule has 1 aliphatic heterocycles. The van der Waals surface area contributed by atoms with Crippen LogP contribution in [0.5, 0.6) is 5.75 Å². The zero-order valence-electron chi connectivity index (χ0n) is 15.8. The highest BCUT2D eigenvalue weighted by atomic mass is 16.5. The summed E-state index contributed by atoms with van der Waals surface area (Å²) in [5, 5.41) is 1.06. The van der Waals surface area contributed by atoms with Gasteiger partial charge in [-0.3, -0.25) is 4.79 Å². The molecule has 0 atom stereocenters. The van der Waals surface area contributed by atoms with Crippen LogP contribution in [0.15, 0.2) is 48.8 Å². The highest BCUT2D eigenvalue weighted by Gasteiger charge is 2.22. The van der Waals surface area contributed by atoms with Gasteiger partial charge >= 0.3 is 0 Å². The van der Waals surface area contributed by atoms with Crippen LogP contribution in [0.25, 0.3) is 11.0 Å². The summed E-state index contributed by atoms with van der Waals surface area (Å²) in [7, 11) is 3.64. The highest BCUT2D eigenvalue weighted by molar-refractivity contribution is 5.87. The molecule has 0 aliphatic carbocycles. The topological polar surface area (TPSA) is 50.6 Å². The molecule has 0 N–H and O–H groups in total. The molecule has 1 amide bonds. The number of aryl methyl sites for hydroxylation is 1. The van der Waals surface area contributed by atoms with Gasteiger partial charge in [0.05, 0.1) is 13.5 Å². The number of benzene rings is 1. The Labute approximate surface area is 159 Å². The van der Waals surface area contributed by atoms with Gasteiger partial charge in [0.15, 0.2) is 0 Å². The fourth-order valence-electron chi connectivity index (χ4n) is 3.72. The van der Waals surface area contributed by atoms with E-state index in [1.807, 2.05) is 47.0 Å². The predicted molar refractivity (Wildman–Crippen MR) is 106 cm³/mol. The Bertz CT molecular complexity index is 940. The first-order valence-corrected chi connectivity index (χ1v) is 9.21. The summed E-state index contributed by atoms with van der Waals surface area (Å²) in [5.74, 6) is 1.04. The number of amides is 1. The summed E-state index contributed by atoms with van der Waals surface area (Å²) in [6.07, 6.45) is 4.22. The maximum Gasteiger partial charge on any atom is 0.227 e. The molecular weight excluding hydrogens is 340 g/mol. The third-order valence-electron chi connectivity index (χ3n) is 5.23. The molecule has 3 aromatic rings. The molecule has 0 unspecified atom stereocenters. The maximum atomic E-state index is 12.8. The van der Waals surface area contributed by atoms with Gasteiger partial charge in [-0.05, 0) is 42.0 Å². The summed E-state index contributed by atoms with van der Waals surface area (Å²) in [5.41, 5.74) is 3.14. The highest BCUT2D eigenvalue weighted by Crippen LogP contribution is 2.22. The number of hydrogen-bond donors (Lipinski definition) is 0. The van der Waals surface area contributed by atoms with E-state index in [2.05, 4.69) is 22.0 Å². The Morgan fingerprint density at radius 2 is 1.85 bits per heavy atom. The van der Waals surface area contributed by atoms with Crippen LogP contribution in [-0.4, -0.2) is 53.6 Å². The number of piperazine rings is 1. The Kier molecular flexibility index (Phi) is 4.71. The Balaban J connectivity index is 1.39. The molecule has 6 nitrogen and oxygen atoms in total. The number of fused-ring (bicyclic) bond motifs is 1. The number of pyridine rings is 1. The van der Waals surface area contributed by atoms with E-state index < -0.39 is 0 Å². The zero-order valence-corrected chi connectivity index (χ0v) is 15.8. The van der Waals surface area contributed by atoms with E-state index in [1.54, 1.807) is 13.3 Å². The van der Waals surface area contributed by atoms with Crippen LogP contribution < -0.4 is 9.64 Å². The van der Waals surface area contributed by atoms with Crippen LogP contribution in [0.4, 0.5) is 5.69 Å². The summed E-state index contributed by atoms with van der Waals surface area (Å²) in [6.45, 7) is 3.17. The van der Waals surface area contributed by atoms with E-state index in [9.17, 15) is 4.79 Å². The average Bonchev–Trinajstić information content (AvgIpc) is 3.04. The maximum absolute atomic E-state index is 12.8. The molecule has 1 aliphatic rings. The molecule has 0 radical (unpaired) electrons. The van der Waals surface area contributed by atoms with E-state index >= 15 is 0 Å². The van der Waals surface area contributed by atoms with Gasteiger partial charge in [0.1, 0.15) is 11.4 Å². The van der Waals surface area contributed by atoms with Gasteiger partial charge in [-0.2, -0.15) is 0 Å². The van der Waals surface area contributed by atoms with Crippen molar-refractivity contribution < 1.29 is 9.53 Å². The minimum atomic E-state index is 0.181. The first kappa shape index (κ1) is 17.4. The van der Waals surface area contributed by atoms with E-state index in [-0.39, 0.29) is 5.91 Å². The largest absolute Gasteiger partial charge is 0.497 e. The van der Waals surface area contributed by atoms with Crippen molar-refractivity contribution in [3.8, 4) is 5.75 Å². The minimum Gasteiger partial charge on any atom is -0.497 e. The van der Waals surface area contributed by atoms with Gasteiger partial charge in [-0.1, -0.05) is 0 Å². The quantitative estimate of drug-likeness (QED) is 0.714. The van der Waals surface area contributed by atoms with Crippen LogP contribution in [0.1, 0.15) is 5.56 Å². The van der Waals surface area contributed by atoms with E-state index in [1.165, 1.54) is 5.69 Å². The lowest BCUT2D eigenvalue weighted by Gasteiger charge is -2.36. The monoisotopic (exact) mass is 364 g/mol. The molecule has 27 heavy (non-hydrogen) atoms. The van der Waals surface area contributed by atoms with Gasteiger partial charge in [-0.25, -0.2) is 4.98 Å². The number of hydrogen-bond acceptors (Lipinski definition) is 4. The number of anilines is 1. The van der Waals surface area contributed by atoms with E-state index in [4.69, 9.17) is 4.74 Å². The van der Waals surface area contributed by atoms with Crippen molar-refractivity contribution in [3.05, 3.63) is 54.4 Å². The van der Waals surface area contributed by atoms with Gasteiger partial charge in [0.2, 0.25) is 5.91 Å². The molecule has 0 saturated carbocycles. The zero-order chi connectivity index (χ0) is 18.8. The fourth-order valence-corrected chi connectivity index (χ4v) is 3.72. The normalized spacial score (nSPS) is 14.6. The molecule has 2 aromatic heterocycles. The van der Waals surface area contributed by atoms with Crippen LogP contribution in [0.3, 0.4) is 0 Å². The van der Waals surface area contributed by atoms with Crippen molar-refractivity contribution in [2.75, 3.05) is 38.2 Å². The third kappa shape index (κ3) is 3.47. The van der Waals surface area contributed by atoms with Crippen LogP contribution in [0.2, 0.25) is 0 Å². The Morgan fingerprint density at radius 3 is 2.56 bits per heavy atom. The molecule has 140 valence electrons. The number of carbonyl (C=O) groups is 1. The van der Waals surface area contributed by atoms with Crippen LogP contribution >= 0.6 is 0 Å². The van der Waals surface area contributed by atoms with Crippen molar-refractivity contribution in [2.45, 2.75) is 6.42 Å². The number of carbonyl (C=O) groups excluding carboxylic acids is 1. The van der Waals surface area contributed by atoms with Crippen molar-refractivity contribution >= 4 is 22.6 Å². The molecule has 1 fully saturated rings. The van der Waals surface area contributed by atoms with Gasteiger partial charge in [-0.15, -0.1) is 0 Å². The molecule has 1 aromatic carbocycles. The lowest BCUT2D eigenvalue weighted by Crippen LogP contribution is -2.49. The van der Waals surface area contributed by atoms with E-state index in [0.717, 1.165) is 48.5 Å². The Morgan fingerprint density at radius 1 is 1.11 bits per heavy atom. The SMILES string of the molecule is COc1ccc(N2CCN(C(=O)Cc3cn(C)c4ncccc34)CC2)cc1. The van der Waals surface area contributed by atoms with Crippen molar-refractivity contribution in [3.63, 3.8) is 0 Å². The Hall–Kier alpha value is -3.02. The van der Waals surface area contributed by atoms with Gasteiger partial charge in [0, 0.05) is 56.7 Å². The molecular formula is C21H24N4O2. The van der Waals surface area contributed by atoms with E-state index in [0.29, 0.717) is 6.42 Å². The summed E-state index contributed by atoms with van der Waals surface area (Å²) in [4.78, 5) is 21.5. The number of nitrogens with zero attached hydrogens (tertiary/aromatic N) is 4. The molecule has 0 spiro atoms. The first-order valence-electron chi connectivity index (χ1n) is 9.21. The minimum absolute atomic E-state index is 0.181. The second-order valence-electron chi connectivity index (χ2n) is 6.88. The van der Waals surface area contributed by atoms with Crippen molar-refractivity contribution in [2.24, 2.45) is 7.05 Å². The number of ether oxygens (including phenoxy) is 1. The molecule has 4 rings (SSSR count). The lowest BCUT2D eigenvalue weighted by molar-refractivity contribution is -0.130. The molecule has 6 heteroatoms. The smallest absolute Gasteiger partial charge is 0.227 e. The average molecular weight is 364 g/mol. The van der Waals surface area contributed by atoms with Crippen LogP contribution in [0, 0.1) is 0 Å². The first-order chi connectivity index (χ1) is 13.2. The fraction of sp³-hybridized carbons (Fsp3) is 0.333. The van der Waals surface area contributed by atoms with Gasteiger partial charge in [0.25, 0.3) is 0 Å². The third-order valence-corrected chi connectivity index (χ3v) is 5.23. The second-order valence-corrected chi connectivity index (χ2v) is 6.88. The molecule has 3 heterocycles. The summed E-state index contributed by atoms with van der Waals surface area (Å²) >= 11 is 0. The molecule has 1 saturated heterocycles. The van der Waals surface area contributed by atoms with Gasteiger partial charge < -0.3 is 19.1 Å². The lowest BCUT2D eigenvalue weighted by atomic mass is 10.1. The summed E-state index contributed by atoms with van der Waals surface area (Å²) < 4.78 is 7.20. The number of aromatic nitrogens is 2. The predicted octanol–water partition coefficient (Wildman–Crippen LogP) is 2.47. The van der Waals surface area contributed by atoms with Crippen molar-refractivity contribution in [1.82, 2.24) is 14.5 Å².